The lowest BCUT2D eigenvalue weighted by Gasteiger charge is -2.35. The van der Waals surface area contributed by atoms with E-state index in [0.717, 1.165) is 121 Å². The predicted molar refractivity (Wildman–Crippen MR) is 465 cm³/mol. The van der Waals surface area contributed by atoms with Gasteiger partial charge in [-0.25, -0.2) is 0 Å². The molecule has 1 rings (SSSR count). The van der Waals surface area contributed by atoms with Gasteiger partial charge in [0.1, 0.15) is 0 Å². The fraction of sp³-hybridized carbons (Fsp3) is 1.00. The van der Waals surface area contributed by atoms with Crippen LogP contribution in [0.2, 0.25) is 0 Å². The SMILES string of the molecule is CC(C)CC(C)(C)C.CC(C)CC(C)C.CC(C)CC(C)C.CC(C)CC(C)C.CC(C)CC1(C)CCCCC1.CC(C)C[C@H](O)CO.CCC(C)C(C)C.CCC(CO)C(C)C.CCC(O)CC(C)C.CCCC(C)C.CC[C@@H](C)C(C)C.CC[C@H](C)C(C)C.CC[C@H](O)CC(C)C. The zero-order valence-electron chi connectivity index (χ0n) is 78.8. The van der Waals surface area contributed by atoms with E-state index < -0.39 is 6.10 Å². The Morgan fingerprint density at radius 3 is 0.626 bits per heavy atom. The van der Waals surface area contributed by atoms with Crippen LogP contribution in [0.5, 0.6) is 0 Å². The van der Waals surface area contributed by atoms with Crippen LogP contribution in [0.25, 0.3) is 0 Å². The van der Waals surface area contributed by atoms with E-state index in [1.807, 2.05) is 27.7 Å². The first-order chi connectivity index (χ1) is 44.9. The summed E-state index contributed by atoms with van der Waals surface area (Å²) in [5, 5.41) is 43.9. The Morgan fingerprint density at radius 1 is 0.293 bits per heavy atom. The molecule has 0 aliphatic heterocycles. The molecule has 5 nitrogen and oxygen atoms in total. The van der Waals surface area contributed by atoms with Crippen molar-refractivity contribution in [2.45, 2.75) is 472 Å². The summed E-state index contributed by atoms with van der Waals surface area (Å²) in [6, 6.07) is 0. The van der Waals surface area contributed by atoms with Crippen LogP contribution in [0.4, 0.5) is 0 Å². The molecule has 7 atom stereocenters. The van der Waals surface area contributed by atoms with Gasteiger partial charge in [-0.1, -0.05) is 376 Å². The van der Waals surface area contributed by atoms with E-state index in [0.29, 0.717) is 53.4 Å². The summed E-state index contributed by atoms with van der Waals surface area (Å²) < 4.78 is 0. The number of aliphatic hydroxyl groups is 5. The standard InChI is InChI=1S/C11H22.C8H18.3C7H16O.6C7H16.C6H14O2.C6H14/c1-10(2)9-11(3)7-5-4-6-8-11;1-7(2)6-8(3,4)5;1-4-7(5-8)6(2)3;2*1-4-7(8)5-6(2)3;3*1-6(2)5-7(3)4;3*1-5-7(4)6(2)3;1-5(2)3-6(8)4-7;1-4-5-6(2)3/h10H,4-9H2,1-3H3;7H,6H2,1-5H3;3*6-8H,4-5H2,1-3H3;6*6-7H,5H2,1-4H3;5-8H,3-4H2,1-2H3;6H,4-5H2,1-3H3/t;;;7-;;;;;2*7-;;6-;/m...0....10.0./s1. The Labute approximate surface area is 636 Å². The summed E-state index contributed by atoms with van der Waals surface area (Å²) in [6.07, 6.45) is 25.7. The van der Waals surface area contributed by atoms with Gasteiger partial charge in [0.2, 0.25) is 0 Å². The Hall–Kier alpha value is -0.200. The fourth-order valence-electron chi connectivity index (χ4n) is 11.5. The average Bonchev–Trinajstić information content (AvgIpc) is 0.884. The van der Waals surface area contributed by atoms with Gasteiger partial charge in [0, 0.05) is 6.61 Å². The minimum atomic E-state index is -0.519. The van der Waals surface area contributed by atoms with Crippen LogP contribution in [0, 0.1) is 129 Å². The Morgan fingerprint density at radius 2 is 0.556 bits per heavy atom. The molecular formula is C94H212O5. The van der Waals surface area contributed by atoms with E-state index in [1.54, 1.807) is 0 Å². The Bertz CT molecular complexity index is 1250. The van der Waals surface area contributed by atoms with Gasteiger partial charge in [-0.15, -0.1) is 0 Å². The molecule has 0 aromatic carbocycles. The van der Waals surface area contributed by atoms with Gasteiger partial charge in [-0.05, 0) is 206 Å². The maximum absolute atomic E-state index is 9.03. The maximum atomic E-state index is 9.03. The van der Waals surface area contributed by atoms with Crippen molar-refractivity contribution in [2.24, 2.45) is 129 Å². The van der Waals surface area contributed by atoms with E-state index in [1.165, 1.54) is 96.3 Å². The Balaban J connectivity index is -0.0000000831. The lowest BCUT2D eigenvalue weighted by Crippen LogP contribution is -2.21. The second-order valence-corrected chi connectivity index (χ2v) is 38.7. The van der Waals surface area contributed by atoms with Crippen molar-refractivity contribution in [1.29, 1.82) is 0 Å². The normalized spacial score (nSPS) is 14.6. The van der Waals surface area contributed by atoms with Crippen molar-refractivity contribution in [1.82, 2.24) is 0 Å². The lowest BCUT2D eigenvalue weighted by molar-refractivity contribution is 0.0782. The highest BCUT2D eigenvalue weighted by atomic mass is 16.3. The molecule has 0 amide bonds. The minimum Gasteiger partial charge on any atom is -0.396 e. The third-order valence-electron chi connectivity index (χ3n) is 18.1. The van der Waals surface area contributed by atoms with Gasteiger partial charge >= 0.3 is 0 Å². The van der Waals surface area contributed by atoms with E-state index in [-0.39, 0.29) is 18.8 Å². The largest absolute Gasteiger partial charge is 0.396 e. The molecule has 5 heteroatoms. The average molecular weight is 1420 g/mol. The van der Waals surface area contributed by atoms with Crippen LogP contribution in [0.15, 0.2) is 0 Å². The van der Waals surface area contributed by atoms with Crippen molar-refractivity contribution < 1.29 is 25.5 Å². The summed E-state index contributed by atoms with van der Waals surface area (Å²) in [4.78, 5) is 0. The molecule has 99 heavy (non-hydrogen) atoms. The zero-order chi connectivity index (χ0) is 81.5. The van der Waals surface area contributed by atoms with Gasteiger partial charge in [0.05, 0.1) is 24.9 Å². The number of aliphatic hydroxyl groups excluding tert-OH is 5. The molecule has 0 heterocycles. The highest BCUT2D eigenvalue weighted by Crippen LogP contribution is 2.40. The predicted octanol–water partition coefficient (Wildman–Crippen LogP) is 31.3. The van der Waals surface area contributed by atoms with Gasteiger partial charge in [0.15, 0.2) is 0 Å². The van der Waals surface area contributed by atoms with Crippen LogP contribution in [-0.2, 0) is 0 Å². The van der Waals surface area contributed by atoms with Crippen molar-refractivity contribution in [3.63, 3.8) is 0 Å². The molecule has 0 spiro atoms. The topological polar surface area (TPSA) is 101 Å². The van der Waals surface area contributed by atoms with Gasteiger partial charge in [0.25, 0.3) is 0 Å². The van der Waals surface area contributed by atoms with Crippen molar-refractivity contribution in [2.75, 3.05) is 13.2 Å². The minimum absolute atomic E-state index is 0.0741. The molecule has 0 bridgehead atoms. The summed E-state index contributed by atoms with van der Waals surface area (Å²) in [5.41, 5.74) is 1.22. The van der Waals surface area contributed by atoms with E-state index >= 15 is 0 Å². The highest BCUT2D eigenvalue weighted by Gasteiger charge is 2.27. The van der Waals surface area contributed by atoms with Crippen molar-refractivity contribution in [3.05, 3.63) is 0 Å². The molecule has 1 saturated carbocycles. The Kier molecular flexibility index (Phi) is 108. The van der Waals surface area contributed by atoms with E-state index in [2.05, 4.69) is 291 Å². The third-order valence-corrected chi connectivity index (χ3v) is 18.1. The van der Waals surface area contributed by atoms with Crippen LogP contribution in [0.3, 0.4) is 0 Å². The first kappa shape index (κ1) is 125. The summed E-state index contributed by atoms with van der Waals surface area (Å²) in [7, 11) is 0. The maximum Gasteiger partial charge on any atom is 0.0773 e. The highest BCUT2D eigenvalue weighted by molar-refractivity contribution is 4.79. The molecule has 1 aliphatic rings. The van der Waals surface area contributed by atoms with E-state index in [9.17, 15) is 0 Å². The van der Waals surface area contributed by atoms with Crippen molar-refractivity contribution >= 4 is 0 Å². The fourth-order valence-corrected chi connectivity index (χ4v) is 11.5. The first-order valence-corrected chi connectivity index (χ1v) is 43.2. The second-order valence-electron chi connectivity index (χ2n) is 38.7. The van der Waals surface area contributed by atoms with Crippen LogP contribution >= 0.6 is 0 Å². The molecule has 0 radical (unpaired) electrons. The summed E-state index contributed by atoms with van der Waals surface area (Å²) in [5.74, 6) is 16.1. The molecule has 0 aromatic rings. The monoisotopic (exact) mass is 1420 g/mol. The van der Waals surface area contributed by atoms with Crippen molar-refractivity contribution in [3.8, 4) is 0 Å². The smallest absolute Gasteiger partial charge is 0.0773 e. The molecule has 3 unspecified atom stereocenters. The molecular weight excluding hydrogens is 1210 g/mol. The van der Waals surface area contributed by atoms with Gasteiger partial charge in [-0.3, -0.25) is 0 Å². The lowest BCUT2D eigenvalue weighted by atomic mass is 9.71. The summed E-state index contributed by atoms with van der Waals surface area (Å²) >= 11 is 0. The second kappa shape index (κ2) is 85.1. The van der Waals surface area contributed by atoms with Gasteiger partial charge < -0.3 is 25.5 Å². The van der Waals surface area contributed by atoms with E-state index in [4.69, 9.17) is 25.5 Å². The first-order valence-electron chi connectivity index (χ1n) is 43.2. The van der Waals surface area contributed by atoms with Crippen LogP contribution in [-0.4, -0.2) is 57.1 Å². The van der Waals surface area contributed by atoms with Gasteiger partial charge in [-0.2, -0.15) is 0 Å². The van der Waals surface area contributed by atoms with Crippen LogP contribution < -0.4 is 0 Å². The number of rotatable bonds is 29. The summed E-state index contributed by atoms with van der Waals surface area (Å²) in [6.45, 7) is 103. The quantitative estimate of drug-likeness (QED) is 0.0514. The molecule has 0 aromatic heterocycles. The molecule has 5 N–H and O–H groups in total. The molecule has 1 aliphatic carbocycles. The number of hydrogen-bond acceptors (Lipinski definition) is 5. The van der Waals surface area contributed by atoms with Crippen LogP contribution in [0.1, 0.15) is 453 Å². The third kappa shape index (κ3) is 145. The molecule has 618 valence electrons. The zero-order valence-corrected chi connectivity index (χ0v) is 78.8. The number of hydrogen-bond donors (Lipinski definition) is 5. The molecule has 0 saturated heterocycles. The molecule has 1 fully saturated rings.